The van der Waals surface area contributed by atoms with E-state index in [0.717, 1.165) is 18.8 Å². The van der Waals surface area contributed by atoms with Gasteiger partial charge in [0.05, 0.1) is 12.7 Å². The third-order valence-electron chi connectivity index (χ3n) is 1.97. The molecule has 0 spiro atoms. The highest BCUT2D eigenvalue weighted by molar-refractivity contribution is 5.70. The average molecular weight is 216 g/mol. The van der Waals surface area contributed by atoms with Crippen LogP contribution in [-0.2, 0) is 14.3 Å². The SMILES string of the molecule is CC(C)CCCCOC(=O)COC(C)C. The minimum Gasteiger partial charge on any atom is -0.464 e. The van der Waals surface area contributed by atoms with Gasteiger partial charge in [-0.2, -0.15) is 0 Å². The van der Waals surface area contributed by atoms with Crippen LogP contribution in [-0.4, -0.2) is 25.3 Å². The number of unbranched alkanes of at least 4 members (excludes halogenated alkanes) is 1. The van der Waals surface area contributed by atoms with Crippen LogP contribution in [0.2, 0.25) is 0 Å². The van der Waals surface area contributed by atoms with Crippen LogP contribution >= 0.6 is 0 Å². The molecule has 3 nitrogen and oxygen atoms in total. The summed E-state index contributed by atoms with van der Waals surface area (Å²) in [6.07, 6.45) is 3.35. The topological polar surface area (TPSA) is 35.5 Å². The maximum absolute atomic E-state index is 11.1. The van der Waals surface area contributed by atoms with E-state index in [9.17, 15) is 4.79 Å². The highest BCUT2D eigenvalue weighted by Crippen LogP contribution is 2.05. The summed E-state index contributed by atoms with van der Waals surface area (Å²) in [5.41, 5.74) is 0. The van der Waals surface area contributed by atoms with Crippen molar-refractivity contribution in [1.82, 2.24) is 0 Å². The predicted molar refractivity (Wildman–Crippen MR) is 60.7 cm³/mol. The molecule has 0 rings (SSSR count). The molecule has 0 aliphatic rings. The summed E-state index contributed by atoms with van der Waals surface area (Å²) in [6.45, 7) is 8.78. The van der Waals surface area contributed by atoms with E-state index in [2.05, 4.69) is 13.8 Å². The molecule has 3 heteroatoms. The fraction of sp³-hybridized carbons (Fsp3) is 0.917. The summed E-state index contributed by atoms with van der Waals surface area (Å²) in [6, 6.07) is 0. The van der Waals surface area contributed by atoms with Gasteiger partial charge in [-0.15, -0.1) is 0 Å². The van der Waals surface area contributed by atoms with E-state index < -0.39 is 0 Å². The van der Waals surface area contributed by atoms with Gasteiger partial charge in [-0.1, -0.05) is 20.3 Å². The first-order chi connectivity index (χ1) is 7.02. The van der Waals surface area contributed by atoms with Crippen molar-refractivity contribution in [2.45, 2.75) is 53.1 Å². The van der Waals surface area contributed by atoms with Crippen molar-refractivity contribution in [3.63, 3.8) is 0 Å². The Morgan fingerprint density at radius 3 is 2.33 bits per heavy atom. The molecule has 0 aliphatic carbocycles. The van der Waals surface area contributed by atoms with Gasteiger partial charge in [-0.3, -0.25) is 0 Å². The molecule has 0 aliphatic heterocycles. The summed E-state index contributed by atoms with van der Waals surface area (Å²) in [5.74, 6) is 0.471. The second-order valence-corrected chi connectivity index (χ2v) is 4.47. The maximum atomic E-state index is 11.1. The Morgan fingerprint density at radius 2 is 1.80 bits per heavy atom. The van der Waals surface area contributed by atoms with Crippen LogP contribution in [0.1, 0.15) is 47.0 Å². The van der Waals surface area contributed by atoms with Crippen molar-refractivity contribution in [3.8, 4) is 0 Å². The fourth-order valence-electron chi connectivity index (χ4n) is 1.12. The minimum absolute atomic E-state index is 0.0713. The normalized spacial score (nSPS) is 11.1. The number of esters is 1. The molecule has 90 valence electrons. The van der Waals surface area contributed by atoms with Crippen LogP contribution in [0.25, 0.3) is 0 Å². The maximum Gasteiger partial charge on any atom is 0.332 e. The van der Waals surface area contributed by atoms with Crippen molar-refractivity contribution >= 4 is 5.97 Å². The largest absolute Gasteiger partial charge is 0.464 e. The first-order valence-electron chi connectivity index (χ1n) is 5.79. The average Bonchev–Trinajstić information content (AvgIpc) is 2.13. The molecule has 0 heterocycles. The van der Waals surface area contributed by atoms with Gasteiger partial charge in [0.25, 0.3) is 0 Å². The van der Waals surface area contributed by atoms with E-state index >= 15 is 0 Å². The van der Waals surface area contributed by atoms with Crippen molar-refractivity contribution in [2.75, 3.05) is 13.2 Å². The highest BCUT2D eigenvalue weighted by Gasteiger charge is 2.04. The molecule has 0 fully saturated rings. The number of carbonyl (C=O) groups is 1. The van der Waals surface area contributed by atoms with Crippen LogP contribution < -0.4 is 0 Å². The lowest BCUT2D eigenvalue weighted by Crippen LogP contribution is -2.16. The van der Waals surface area contributed by atoms with Crippen molar-refractivity contribution in [2.24, 2.45) is 5.92 Å². The number of hydrogen-bond donors (Lipinski definition) is 0. The second-order valence-electron chi connectivity index (χ2n) is 4.47. The van der Waals surface area contributed by atoms with E-state index in [4.69, 9.17) is 9.47 Å². The molecule has 0 atom stereocenters. The lowest BCUT2D eigenvalue weighted by molar-refractivity contribution is -0.150. The molecule has 0 saturated carbocycles. The molecule has 15 heavy (non-hydrogen) atoms. The first kappa shape index (κ1) is 14.4. The molecule has 0 radical (unpaired) electrons. The highest BCUT2D eigenvalue weighted by atomic mass is 16.6. The Bertz CT molecular complexity index is 164. The lowest BCUT2D eigenvalue weighted by Gasteiger charge is -2.08. The summed E-state index contributed by atoms with van der Waals surface area (Å²) >= 11 is 0. The van der Waals surface area contributed by atoms with Gasteiger partial charge < -0.3 is 9.47 Å². The Balaban J connectivity index is 3.24. The molecule has 0 N–H and O–H groups in total. The smallest absolute Gasteiger partial charge is 0.332 e. The Hall–Kier alpha value is -0.570. The van der Waals surface area contributed by atoms with Crippen LogP contribution in [0.4, 0.5) is 0 Å². The molecule has 0 amide bonds. The van der Waals surface area contributed by atoms with Crippen molar-refractivity contribution in [3.05, 3.63) is 0 Å². The van der Waals surface area contributed by atoms with Crippen LogP contribution in [0, 0.1) is 5.92 Å². The fourth-order valence-corrected chi connectivity index (χ4v) is 1.12. The Kier molecular flexibility index (Phi) is 8.38. The number of hydrogen-bond acceptors (Lipinski definition) is 3. The molecular formula is C12H24O3. The van der Waals surface area contributed by atoms with E-state index in [-0.39, 0.29) is 18.7 Å². The first-order valence-corrected chi connectivity index (χ1v) is 5.79. The molecule has 0 saturated heterocycles. The predicted octanol–water partition coefficient (Wildman–Crippen LogP) is 2.78. The van der Waals surface area contributed by atoms with Gasteiger partial charge in [-0.05, 0) is 32.6 Å². The van der Waals surface area contributed by atoms with Gasteiger partial charge in [0.2, 0.25) is 0 Å². The Morgan fingerprint density at radius 1 is 1.13 bits per heavy atom. The van der Waals surface area contributed by atoms with Gasteiger partial charge >= 0.3 is 5.97 Å². The van der Waals surface area contributed by atoms with Gasteiger partial charge in [0.15, 0.2) is 0 Å². The molecule has 0 aromatic heterocycles. The van der Waals surface area contributed by atoms with Gasteiger partial charge in [0, 0.05) is 0 Å². The lowest BCUT2D eigenvalue weighted by atomic mass is 10.1. The summed E-state index contributed by atoms with van der Waals surface area (Å²) in [4.78, 5) is 11.1. The molecular weight excluding hydrogens is 192 g/mol. The standard InChI is InChI=1S/C12H24O3/c1-10(2)7-5-6-8-14-12(13)9-15-11(3)4/h10-11H,5-9H2,1-4H3. The zero-order valence-electron chi connectivity index (χ0n) is 10.4. The second kappa shape index (κ2) is 8.72. The van der Waals surface area contributed by atoms with E-state index in [0.29, 0.717) is 6.61 Å². The molecule has 0 aromatic carbocycles. The number of ether oxygens (including phenoxy) is 2. The monoisotopic (exact) mass is 216 g/mol. The minimum atomic E-state index is -0.256. The quantitative estimate of drug-likeness (QED) is 0.462. The molecule has 0 aromatic rings. The molecule has 0 bridgehead atoms. The molecule has 0 unspecified atom stereocenters. The summed E-state index contributed by atoms with van der Waals surface area (Å²) < 4.78 is 10.1. The summed E-state index contributed by atoms with van der Waals surface area (Å²) in [7, 11) is 0. The van der Waals surface area contributed by atoms with Crippen LogP contribution in [0.5, 0.6) is 0 Å². The number of carbonyl (C=O) groups excluding carboxylic acids is 1. The van der Waals surface area contributed by atoms with Crippen LogP contribution in [0.3, 0.4) is 0 Å². The van der Waals surface area contributed by atoms with Crippen molar-refractivity contribution in [1.29, 1.82) is 0 Å². The zero-order chi connectivity index (χ0) is 11.7. The summed E-state index contributed by atoms with van der Waals surface area (Å²) in [5, 5.41) is 0. The van der Waals surface area contributed by atoms with Gasteiger partial charge in [-0.25, -0.2) is 4.79 Å². The van der Waals surface area contributed by atoms with E-state index in [1.807, 2.05) is 13.8 Å². The third-order valence-corrected chi connectivity index (χ3v) is 1.97. The third kappa shape index (κ3) is 11.4. The Labute approximate surface area is 93.1 Å². The van der Waals surface area contributed by atoms with Crippen LogP contribution in [0.15, 0.2) is 0 Å². The van der Waals surface area contributed by atoms with Crippen molar-refractivity contribution < 1.29 is 14.3 Å². The van der Waals surface area contributed by atoms with E-state index in [1.54, 1.807) is 0 Å². The number of rotatable bonds is 8. The zero-order valence-corrected chi connectivity index (χ0v) is 10.4. The van der Waals surface area contributed by atoms with E-state index in [1.165, 1.54) is 6.42 Å². The van der Waals surface area contributed by atoms with Gasteiger partial charge in [0.1, 0.15) is 6.61 Å².